The minimum atomic E-state index is -3.47. The lowest BCUT2D eigenvalue weighted by molar-refractivity contribution is 0.551. The molecule has 0 aromatic carbocycles. The summed E-state index contributed by atoms with van der Waals surface area (Å²) >= 11 is 1.81. The van der Waals surface area contributed by atoms with Gasteiger partial charge >= 0.3 is 0 Å². The lowest BCUT2D eigenvalue weighted by Gasteiger charge is -2.34. The van der Waals surface area contributed by atoms with Crippen molar-refractivity contribution in [3.63, 3.8) is 0 Å². The van der Waals surface area contributed by atoms with Crippen LogP contribution in [-0.4, -0.2) is 26.0 Å². The SMILES string of the molecule is CC1c2ccsc2CCN1c1ccc(S(=O)(=O)NC2CCCC2)cn1. The Bertz CT molecular complexity index is 839. The second-order valence-electron chi connectivity index (χ2n) is 6.87. The maximum absolute atomic E-state index is 12.5. The number of anilines is 1. The first kappa shape index (κ1) is 17.0. The molecule has 2 aliphatic rings. The quantitative estimate of drug-likeness (QED) is 0.886. The Morgan fingerprint density at radius 1 is 1.24 bits per heavy atom. The van der Waals surface area contributed by atoms with E-state index >= 15 is 0 Å². The lowest BCUT2D eigenvalue weighted by atomic mass is 10.0. The van der Waals surface area contributed by atoms with Gasteiger partial charge in [-0.3, -0.25) is 0 Å². The summed E-state index contributed by atoms with van der Waals surface area (Å²) in [4.78, 5) is 8.41. The zero-order valence-corrected chi connectivity index (χ0v) is 15.9. The van der Waals surface area contributed by atoms with Crippen molar-refractivity contribution in [2.75, 3.05) is 11.4 Å². The molecule has 0 saturated heterocycles. The fourth-order valence-corrected chi connectivity index (χ4v) is 6.07. The van der Waals surface area contributed by atoms with E-state index < -0.39 is 10.0 Å². The molecule has 5 nitrogen and oxygen atoms in total. The van der Waals surface area contributed by atoms with Crippen LogP contribution in [0.4, 0.5) is 5.82 Å². The molecule has 7 heteroatoms. The number of sulfonamides is 1. The van der Waals surface area contributed by atoms with Crippen LogP contribution >= 0.6 is 11.3 Å². The first-order chi connectivity index (χ1) is 12.0. The molecule has 1 atom stereocenters. The number of hydrogen-bond acceptors (Lipinski definition) is 5. The van der Waals surface area contributed by atoms with Gasteiger partial charge in [0.2, 0.25) is 10.0 Å². The standard InChI is InChI=1S/C18H23N3O2S2/c1-13-16-9-11-24-17(16)8-10-21(13)18-7-6-15(12-19-18)25(22,23)20-14-4-2-3-5-14/h6-7,9,11-14,20H,2-5,8,10H2,1H3. The average molecular weight is 378 g/mol. The van der Waals surface area contributed by atoms with Crippen LogP contribution in [0.5, 0.6) is 0 Å². The molecule has 4 rings (SSSR count). The summed E-state index contributed by atoms with van der Waals surface area (Å²) in [5.41, 5.74) is 1.36. The molecule has 0 spiro atoms. The molecule has 1 saturated carbocycles. The van der Waals surface area contributed by atoms with Gasteiger partial charge in [-0.05, 0) is 55.3 Å². The van der Waals surface area contributed by atoms with Crippen LogP contribution in [-0.2, 0) is 16.4 Å². The third-order valence-corrected chi connectivity index (χ3v) is 7.78. The smallest absolute Gasteiger partial charge is 0.242 e. The van der Waals surface area contributed by atoms with E-state index in [0.717, 1.165) is 44.5 Å². The van der Waals surface area contributed by atoms with Crippen molar-refractivity contribution in [3.8, 4) is 0 Å². The minimum Gasteiger partial charge on any atom is -0.349 e. The molecule has 1 fully saturated rings. The number of nitrogens with zero attached hydrogens (tertiary/aromatic N) is 2. The van der Waals surface area contributed by atoms with Crippen LogP contribution in [0.3, 0.4) is 0 Å². The number of nitrogens with one attached hydrogen (secondary N) is 1. The third-order valence-electron chi connectivity index (χ3n) is 5.28. The molecule has 1 aliphatic carbocycles. The normalized spacial score (nSPS) is 21.5. The summed E-state index contributed by atoms with van der Waals surface area (Å²) in [7, 11) is -3.47. The van der Waals surface area contributed by atoms with Gasteiger partial charge in [-0.1, -0.05) is 12.8 Å². The highest BCUT2D eigenvalue weighted by atomic mass is 32.2. The summed E-state index contributed by atoms with van der Waals surface area (Å²) in [6, 6.07) is 6.03. The summed E-state index contributed by atoms with van der Waals surface area (Å²) in [5.74, 6) is 0.837. The fraction of sp³-hybridized carbons (Fsp3) is 0.500. The molecule has 0 bridgehead atoms. The second-order valence-corrected chi connectivity index (χ2v) is 9.59. The number of thiophene rings is 1. The van der Waals surface area contributed by atoms with Crippen molar-refractivity contribution < 1.29 is 8.42 Å². The van der Waals surface area contributed by atoms with Gasteiger partial charge in [-0.2, -0.15) is 0 Å². The molecule has 2 aromatic heterocycles. The Morgan fingerprint density at radius 3 is 2.76 bits per heavy atom. The summed E-state index contributed by atoms with van der Waals surface area (Å²) in [5, 5.41) is 2.14. The molecular weight excluding hydrogens is 354 g/mol. The van der Waals surface area contributed by atoms with E-state index in [4.69, 9.17) is 0 Å². The number of rotatable bonds is 4. The molecule has 134 valence electrons. The molecule has 3 heterocycles. The topological polar surface area (TPSA) is 62.3 Å². The maximum atomic E-state index is 12.5. The Labute approximate surface area is 153 Å². The maximum Gasteiger partial charge on any atom is 0.242 e. The monoisotopic (exact) mass is 377 g/mol. The largest absolute Gasteiger partial charge is 0.349 e. The number of fused-ring (bicyclic) bond motifs is 1. The molecular formula is C18H23N3O2S2. The zero-order valence-electron chi connectivity index (χ0n) is 14.3. The first-order valence-electron chi connectivity index (χ1n) is 8.86. The van der Waals surface area contributed by atoms with Gasteiger partial charge in [0.05, 0.1) is 6.04 Å². The van der Waals surface area contributed by atoms with Crippen molar-refractivity contribution in [1.82, 2.24) is 9.71 Å². The Kier molecular flexibility index (Phi) is 4.56. The highest BCUT2D eigenvalue weighted by Gasteiger charge is 2.27. The van der Waals surface area contributed by atoms with Crippen molar-refractivity contribution in [3.05, 3.63) is 40.2 Å². The van der Waals surface area contributed by atoms with Gasteiger partial charge in [0.25, 0.3) is 0 Å². The fourth-order valence-electron chi connectivity index (χ4n) is 3.85. The second kappa shape index (κ2) is 6.70. The minimum absolute atomic E-state index is 0.0730. The van der Waals surface area contributed by atoms with Crippen LogP contribution in [0.1, 0.15) is 49.1 Å². The van der Waals surface area contributed by atoms with E-state index in [1.54, 1.807) is 6.07 Å². The molecule has 0 radical (unpaired) electrons. The lowest BCUT2D eigenvalue weighted by Crippen LogP contribution is -2.34. The van der Waals surface area contributed by atoms with E-state index in [9.17, 15) is 8.42 Å². The van der Waals surface area contributed by atoms with E-state index in [2.05, 4.69) is 33.0 Å². The van der Waals surface area contributed by atoms with Crippen molar-refractivity contribution >= 4 is 27.2 Å². The predicted molar refractivity (Wildman–Crippen MR) is 101 cm³/mol. The first-order valence-corrected chi connectivity index (χ1v) is 11.2. The molecule has 1 N–H and O–H groups in total. The van der Waals surface area contributed by atoms with Gasteiger partial charge < -0.3 is 4.90 Å². The molecule has 2 aromatic rings. The van der Waals surface area contributed by atoms with Gasteiger partial charge in [-0.25, -0.2) is 18.1 Å². The molecule has 0 amide bonds. The Hall–Kier alpha value is -1.44. The summed E-state index contributed by atoms with van der Waals surface area (Å²) in [6.07, 6.45) is 6.56. The van der Waals surface area contributed by atoms with Crippen LogP contribution in [0, 0.1) is 0 Å². The van der Waals surface area contributed by atoms with Crippen LogP contribution in [0.15, 0.2) is 34.7 Å². The number of pyridine rings is 1. The summed E-state index contributed by atoms with van der Waals surface area (Å²) < 4.78 is 27.8. The zero-order chi connectivity index (χ0) is 17.4. The van der Waals surface area contributed by atoms with Crippen LogP contribution in [0.25, 0.3) is 0 Å². The van der Waals surface area contributed by atoms with E-state index in [0.29, 0.717) is 0 Å². The highest BCUT2D eigenvalue weighted by Crippen LogP contribution is 2.35. The average Bonchev–Trinajstić information content (AvgIpc) is 3.27. The highest BCUT2D eigenvalue weighted by molar-refractivity contribution is 7.89. The van der Waals surface area contributed by atoms with Gasteiger partial charge in [0, 0.05) is 23.7 Å². The third kappa shape index (κ3) is 3.32. The van der Waals surface area contributed by atoms with Gasteiger partial charge in [0.15, 0.2) is 0 Å². The number of hydrogen-bond donors (Lipinski definition) is 1. The van der Waals surface area contributed by atoms with Crippen molar-refractivity contribution in [2.45, 2.75) is 56.0 Å². The Balaban J connectivity index is 1.52. The Morgan fingerprint density at radius 2 is 2.04 bits per heavy atom. The van der Waals surface area contributed by atoms with E-state index in [1.807, 2.05) is 17.4 Å². The van der Waals surface area contributed by atoms with Crippen molar-refractivity contribution in [1.29, 1.82) is 0 Å². The van der Waals surface area contributed by atoms with Gasteiger partial charge in [-0.15, -0.1) is 11.3 Å². The molecule has 1 unspecified atom stereocenters. The van der Waals surface area contributed by atoms with Crippen molar-refractivity contribution in [2.24, 2.45) is 0 Å². The van der Waals surface area contributed by atoms with E-state index in [-0.39, 0.29) is 17.0 Å². The van der Waals surface area contributed by atoms with Crippen LogP contribution < -0.4 is 9.62 Å². The van der Waals surface area contributed by atoms with Gasteiger partial charge in [0.1, 0.15) is 10.7 Å². The van der Waals surface area contributed by atoms with Crippen LogP contribution in [0.2, 0.25) is 0 Å². The predicted octanol–water partition coefficient (Wildman–Crippen LogP) is 3.49. The number of aromatic nitrogens is 1. The molecule has 25 heavy (non-hydrogen) atoms. The van der Waals surface area contributed by atoms with E-state index in [1.165, 1.54) is 16.6 Å². The summed E-state index contributed by atoms with van der Waals surface area (Å²) in [6.45, 7) is 3.09. The molecule has 1 aliphatic heterocycles.